The number of esters is 1. The third-order valence-corrected chi connectivity index (χ3v) is 3.48. The molecule has 1 aliphatic rings. The predicted molar refractivity (Wildman–Crippen MR) is 69.2 cm³/mol. The fourth-order valence-corrected chi connectivity index (χ4v) is 2.38. The third-order valence-electron chi connectivity index (χ3n) is 3.18. The summed E-state index contributed by atoms with van der Waals surface area (Å²) in [7, 11) is 1.31. The van der Waals surface area contributed by atoms with E-state index in [9.17, 15) is 14.7 Å². The van der Waals surface area contributed by atoms with Gasteiger partial charge in [-0.05, 0) is 31.0 Å². The highest BCUT2D eigenvalue weighted by molar-refractivity contribution is 6.32. The van der Waals surface area contributed by atoms with E-state index in [1.807, 2.05) is 0 Å². The molecule has 0 saturated carbocycles. The van der Waals surface area contributed by atoms with Crippen LogP contribution in [0.3, 0.4) is 0 Å². The minimum Gasteiger partial charge on any atom is -0.506 e. The van der Waals surface area contributed by atoms with Gasteiger partial charge in [0.1, 0.15) is 11.8 Å². The number of phenolic OH excluding ortho intramolecular Hbond substituents is 1. The van der Waals surface area contributed by atoms with Crippen LogP contribution in [0, 0.1) is 0 Å². The van der Waals surface area contributed by atoms with Gasteiger partial charge in [0.2, 0.25) is 0 Å². The summed E-state index contributed by atoms with van der Waals surface area (Å²) in [5.41, 5.74) is 0.346. The Morgan fingerprint density at radius 1 is 1.47 bits per heavy atom. The minimum atomic E-state index is -0.537. The lowest BCUT2D eigenvalue weighted by molar-refractivity contribution is -0.145. The van der Waals surface area contributed by atoms with Crippen molar-refractivity contribution in [3.8, 4) is 5.75 Å². The molecular weight excluding hydrogens is 270 g/mol. The molecule has 2 rings (SSSR count). The number of carbonyl (C=O) groups is 2. The Morgan fingerprint density at radius 2 is 2.21 bits per heavy atom. The number of benzene rings is 1. The first kappa shape index (κ1) is 13.7. The van der Waals surface area contributed by atoms with Gasteiger partial charge in [0.25, 0.3) is 5.91 Å². The minimum absolute atomic E-state index is 0.0795. The quantitative estimate of drug-likeness (QED) is 0.841. The second kappa shape index (κ2) is 5.48. The molecule has 19 heavy (non-hydrogen) atoms. The van der Waals surface area contributed by atoms with Crippen molar-refractivity contribution in [3.05, 3.63) is 28.8 Å². The smallest absolute Gasteiger partial charge is 0.328 e. The molecule has 1 amide bonds. The van der Waals surface area contributed by atoms with Crippen molar-refractivity contribution in [3.63, 3.8) is 0 Å². The maximum absolute atomic E-state index is 12.3. The zero-order valence-corrected chi connectivity index (χ0v) is 11.2. The molecule has 1 aliphatic heterocycles. The Bertz CT molecular complexity index is 517. The lowest BCUT2D eigenvalue weighted by Crippen LogP contribution is -2.41. The van der Waals surface area contributed by atoms with Crippen LogP contribution in [0.25, 0.3) is 0 Å². The molecule has 0 bridgehead atoms. The molecular formula is C13H14ClNO4. The number of amides is 1. The van der Waals surface area contributed by atoms with Gasteiger partial charge < -0.3 is 14.7 Å². The van der Waals surface area contributed by atoms with Gasteiger partial charge in [-0.15, -0.1) is 0 Å². The molecule has 1 unspecified atom stereocenters. The summed E-state index contributed by atoms with van der Waals surface area (Å²) in [5.74, 6) is -0.769. The number of hydrogen-bond donors (Lipinski definition) is 1. The van der Waals surface area contributed by atoms with Gasteiger partial charge in [-0.3, -0.25) is 4.79 Å². The molecule has 1 aromatic carbocycles. The van der Waals surface area contributed by atoms with E-state index in [0.717, 1.165) is 6.42 Å². The van der Waals surface area contributed by atoms with Gasteiger partial charge in [-0.25, -0.2) is 4.79 Å². The number of likely N-dealkylation sites (tertiary alicyclic amines) is 1. The number of nitrogens with zero attached hydrogens (tertiary/aromatic N) is 1. The average molecular weight is 284 g/mol. The van der Waals surface area contributed by atoms with Crippen molar-refractivity contribution in [1.82, 2.24) is 4.90 Å². The highest BCUT2D eigenvalue weighted by Crippen LogP contribution is 2.26. The Kier molecular flexibility index (Phi) is 3.95. The van der Waals surface area contributed by atoms with Crippen molar-refractivity contribution < 1.29 is 19.4 Å². The van der Waals surface area contributed by atoms with Gasteiger partial charge in [0, 0.05) is 12.1 Å². The van der Waals surface area contributed by atoms with Crippen LogP contribution in [-0.4, -0.2) is 41.6 Å². The van der Waals surface area contributed by atoms with E-state index in [2.05, 4.69) is 0 Å². The van der Waals surface area contributed by atoms with Gasteiger partial charge >= 0.3 is 5.97 Å². The zero-order valence-electron chi connectivity index (χ0n) is 10.4. The topological polar surface area (TPSA) is 66.8 Å². The molecule has 1 aromatic rings. The number of phenols is 1. The van der Waals surface area contributed by atoms with E-state index in [1.165, 1.54) is 30.2 Å². The maximum Gasteiger partial charge on any atom is 0.328 e. The summed E-state index contributed by atoms with van der Waals surface area (Å²) >= 11 is 5.78. The largest absolute Gasteiger partial charge is 0.506 e. The fourth-order valence-electron chi connectivity index (χ4n) is 2.20. The van der Waals surface area contributed by atoms with Crippen LogP contribution in [-0.2, 0) is 9.53 Å². The normalized spacial score (nSPS) is 18.4. The fraction of sp³-hybridized carbons (Fsp3) is 0.385. The molecule has 1 fully saturated rings. The molecule has 102 valence electrons. The number of carbonyl (C=O) groups excluding carboxylic acids is 2. The van der Waals surface area contributed by atoms with E-state index >= 15 is 0 Å². The van der Waals surface area contributed by atoms with Crippen LogP contribution < -0.4 is 0 Å². The van der Waals surface area contributed by atoms with Crippen molar-refractivity contribution >= 4 is 23.5 Å². The summed E-state index contributed by atoms with van der Waals surface area (Å²) in [5, 5.41) is 9.45. The van der Waals surface area contributed by atoms with Gasteiger partial charge in [-0.2, -0.15) is 0 Å². The number of hydrogen-bond acceptors (Lipinski definition) is 4. The van der Waals surface area contributed by atoms with Gasteiger partial charge in [0.05, 0.1) is 12.1 Å². The van der Waals surface area contributed by atoms with E-state index in [0.29, 0.717) is 18.5 Å². The maximum atomic E-state index is 12.3. The van der Waals surface area contributed by atoms with E-state index in [-0.39, 0.29) is 16.7 Å². The van der Waals surface area contributed by atoms with Crippen LogP contribution in [0.5, 0.6) is 5.75 Å². The molecule has 0 aliphatic carbocycles. The highest BCUT2D eigenvalue weighted by Gasteiger charge is 2.35. The van der Waals surface area contributed by atoms with E-state index in [1.54, 1.807) is 0 Å². The molecule has 1 atom stereocenters. The second-order valence-electron chi connectivity index (χ2n) is 4.35. The summed E-state index contributed by atoms with van der Waals surface area (Å²) in [6.07, 6.45) is 1.36. The Labute approximate surface area is 115 Å². The summed E-state index contributed by atoms with van der Waals surface area (Å²) in [6.45, 7) is 0.511. The number of halogens is 1. The lowest BCUT2D eigenvalue weighted by atomic mass is 10.1. The van der Waals surface area contributed by atoms with E-state index < -0.39 is 12.0 Å². The molecule has 5 nitrogen and oxygen atoms in total. The number of ether oxygens (including phenoxy) is 1. The highest BCUT2D eigenvalue weighted by atomic mass is 35.5. The summed E-state index contributed by atoms with van der Waals surface area (Å²) in [4.78, 5) is 25.4. The Balaban J connectivity index is 2.23. The molecule has 0 radical (unpaired) electrons. The SMILES string of the molecule is COC(=O)C1CCCN1C(=O)c1ccc(O)c(Cl)c1. The first-order chi connectivity index (χ1) is 9.04. The van der Waals surface area contributed by atoms with Crippen molar-refractivity contribution in [2.24, 2.45) is 0 Å². The zero-order chi connectivity index (χ0) is 14.0. The van der Waals surface area contributed by atoms with Crippen LogP contribution in [0.4, 0.5) is 0 Å². The van der Waals surface area contributed by atoms with Crippen molar-refractivity contribution in [2.75, 3.05) is 13.7 Å². The first-order valence-electron chi connectivity index (χ1n) is 5.92. The Morgan fingerprint density at radius 3 is 2.84 bits per heavy atom. The number of methoxy groups -OCH3 is 1. The number of aromatic hydroxyl groups is 1. The van der Waals surface area contributed by atoms with E-state index in [4.69, 9.17) is 16.3 Å². The monoisotopic (exact) mass is 283 g/mol. The van der Waals surface area contributed by atoms with Crippen LogP contribution >= 0.6 is 11.6 Å². The number of rotatable bonds is 2. The first-order valence-corrected chi connectivity index (χ1v) is 6.29. The average Bonchev–Trinajstić information content (AvgIpc) is 2.89. The molecule has 1 heterocycles. The Hall–Kier alpha value is -1.75. The van der Waals surface area contributed by atoms with Crippen LogP contribution in [0.1, 0.15) is 23.2 Å². The summed E-state index contributed by atoms with van der Waals surface area (Å²) < 4.78 is 4.69. The molecule has 0 aromatic heterocycles. The molecule has 1 saturated heterocycles. The van der Waals surface area contributed by atoms with Gasteiger partial charge in [0.15, 0.2) is 0 Å². The van der Waals surface area contributed by atoms with Crippen LogP contribution in [0.2, 0.25) is 5.02 Å². The molecule has 1 N–H and O–H groups in total. The van der Waals surface area contributed by atoms with Crippen LogP contribution in [0.15, 0.2) is 18.2 Å². The predicted octanol–water partition coefficient (Wildman–Crippen LogP) is 1.82. The second-order valence-corrected chi connectivity index (χ2v) is 4.75. The third kappa shape index (κ3) is 2.66. The van der Waals surface area contributed by atoms with Crippen molar-refractivity contribution in [2.45, 2.75) is 18.9 Å². The standard InChI is InChI=1S/C13H14ClNO4/c1-19-13(18)10-3-2-6-15(10)12(17)8-4-5-11(16)9(14)7-8/h4-5,7,10,16H,2-3,6H2,1H3. The van der Waals surface area contributed by atoms with Gasteiger partial charge in [-0.1, -0.05) is 11.6 Å². The molecule has 0 spiro atoms. The van der Waals surface area contributed by atoms with Crippen molar-refractivity contribution in [1.29, 1.82) is 0 Å². The molecule has 6 heteroatoms. The lowest BCUT2D eigenvalue weighted by Gasteiger charge is -2.22. The summed E-state index contributed by atoms with van der Waals surface area (Å²) in [6, 6.07) is 3.70.